The van der Waals surface area contributed by atoms with Crippen LogP contribution in [0.2, 0.25) is 0 Å². The molecule has 0 bridgehead atoms. The lowest BCUT2D eigenvalue weighted by Gasteiger charge is -2.68. The number of benzene rings is 2. The SMILES string of the molecule is CC(=O)OC12COC1CC(O)C1(C)C(=O)C(=O)C3C(C)C4C(OC(=O)C(OC(=O)CCC(=O)O)C(NC(=O)OC(C)(C)C)c5ccccc5)CC(O)(C(OC(=O)c5ccccc5)C21)C34C. The molecular formula is C47H55NO17. The number of Topliss-reactive ketones (excluding diaryl/α,β-unsaturated/α-hetero) is 2. The minimum atomic E-state index is -2.39. The van der Waals surface area contributed by atoms with Crippen LogP contribution in [0.1, 0.15) is 96.1 Å². The van der Waals surface area contributed by atoms with Gasteiger partial charge < -0.3 is 49.1 Å². The summed E-state index contributed by atoms with van der Waals surface area (Å²) in [5.41, 5.74) is -8.76. The third-order valence-electron chi connectivity index (χ3n) is 14.4. The Labute approximate surface area is 374 Å². The van der Waals surface area contributed by atoms with E-state index in [1.54, 1.807) is 64.1 Å². The van der Waals surface area contributed by atoms with E-state index in [0.717, 1.165) is 6.92 Å². The first-order valence-electron chi connectivity index (χ1n) is 21.6. The third kappa shape index (κ3) is 7.86. The predicted octanol–water partition coefficient (Wildman–Crippen LogP) is 3.43. The summed E-state index contributed by atoms with van der Waals surface area (Å²) in [6, 6.07) is 14.2. The van der Waals surface area contributed by atoms with Crippen molar-refractivity contribution in [2.75, 3.05) is 6.61 Å². The molecule has 5 aliphatic rings. The maximum absolute atomic E-state index is 14.9. The van der Waals surface area contributed by atoms with Crippen molar-refractivity contribution in [3.63, 3.8) is 0 Å². The number of carboxylic acids is 1. The number of ketones is 2. The van der Waals surface area contributed by atoms with Crippen LogP contribution in [0.3, 0.4) is 0 Å². The van der Waals surface area contributed by atoms with Crippen LogP contribution in [-0.2, 0) is 57.2 Å². The maximum atomic E-state index is 14.9. The van der Waals surface area contributed by atoms with E-state index in [4.69, 9.17) is 28.4 Å². The molecule has 0 spiro atoms. The summed E-state index contributed by atoms with van der Waals surface area (Å²) in [7, 11) is 0. The van der Waals surface area contributed by atoms with E-state index in [9.17, 15) is 53.7 Å². The third-order valence-corrected chi connectivity index (χ3v) is 14.4. The number of esters is 4. The van der Waals surface area contributed by atoms with Gasteiger partial charge >= 0.3 is 35.9 Å². The zero-order valence-corrected chi connectivity index (χ0v) is 37.1. The number of hydrogen-bond donors (Lipinski definition) is 4. The zero-order chi connectivity index (χ0) is 47.6. The van der Waals surface area contributed by atoms with E-state index in [2.05, 4.69) is 5.32 Å². The molecular weight excluding hydrogens is 851 g/mol. The molecule has 14 atom stereocenters. The Kier molecular flexibility index (Phi) is 12.3. The zero-order valence-electron chi connectivity index (χ0n) is 37.1. The van der Waals surface area contributed by atoms with Crippen LogP contribution in [-0.4, -0.2) is 117 Å². The van der Waals surface area contributed by atoms with E-state index < -0.39 is 155 Å². The van der Waals surface area contributed by atoms with Crippen LogP contribution in [0.5, 0.6) is 0 Å². The largest absolute Gasteiger partial charge is 0.481 e. The van der Waals surface area contributed by atoms with Crippen molar-refractivity contribution in [2.45, 2.75) is 128 Å². The molecule has 1 saturated heterocycles. The molecule has 1 heterocycles. The number of alkyl carbamates (subject to hydrolysis) is 1. The van der Waals surface area contributed by atoms with Gasteiger partial charge in [0.05, 0.1) is 42.4 Å². The molecule has 4 saturated carbocycles. The molecule has 0 radical (unpaired) electrons. The van der Waals surface area contributed by atoms with Crippen LogP contribution in [0, 0.1) is 34.5 Å². The second-order valence-electron chi connectivity index (χ2n) is 19.3. The summed E-state index contributed by atoms with van der Waals surface area (Å²) in [6.07, 6.45) is -11.0. The highest BCUT2D eigenvalue weighted by Crippen LogP contribution is 2.74. The molecule has 65 heavy (non-hydrogen) atoms. The number of aliphatic hydroxyl groups excluding tert-OH is 1. The fourth-order valence-corrected chi connectivity index (χ4v) is 11.7. The van der Waals surface area contributed by atoms with Gasteiger partial charge in [0, 0.05) is 37.0 Å². The quantitative estimate of drug-likeness (QED) is 0.135. The highest BCUT2D eigenvalue weighted by molar-refractivity contribution is 6.40. The number of carboxylic acid groups (broad SMARTS) is 1. The molecule has 350 valence electrons. The molecule has 0 aromatic heterocycles. The lowest BCUT2D eigenvalue weighted by molar-refractivity contribution is -0.348. The Balaban J connectivity index is 1.35. The van der Waals surface area contributed by atoms with E-state index in [-0.39, 0.29) is 24.2 Å². The van der Waals surface area contributed by atoms with E-state index >= 15 is 0 Å². The summed E-state index contributed by atoms with van der Waals surface area (Å²) in [6.45, 7) is 10.1. The second kappa shape index (κ2) is 16.9. The Bertz CT molecular complexity index is 2260. The summed E-state index contributed by atoms with van der Waals surface area (Å²) in [5, 5.41) is 37.5. The molecule has 18 heteroatoms. The van der Waals surface area contributed by atoms with Crippen molar-refractivity contribution in [3.05, 3.63) is 71.8 Å². The molecule has 4 aliphatic carbocycles. The number of ether oxygens (including phenoxy) is 6. The van der Waals surface area contributed by atoms with Crippen LogP contribution >= 0.6 is 0 Å². The molecule has 2 aromatic rings. The molecule has 5 fully saturated rings. The van der Waals surface area contributed by atoms with Crippen molar-refractivity contribution in [3.8, 4) is 0 Å². The number of aliphatic hydroxyl groups is 2. The topological polar surface area (TPSA) is 265 Å². The molecule has 1 aliphatic heterocycles. The lowest BCUT2D eigenvalue weighted by atomic mass is 9.38. The van der Waals surface area contributed by atoms with Gasteiger partial charge in [0.15, 0.2) is 5.60 Å². The second-order valence-corrected chi connectivity index (χ2v) is 19.3. The standard InChI is InChI=1S/C47H55NO17/c1-23-32-27(61-41(57)36(62-31(53)19-18-30(51)52)34(25-14-10-8-11-15-25)48-42(58)65-43(3,4)5)21-47(59)39(63-40(56)26-16-12-9-13-17-26)37-44(6,38(55)35(54)33(23)45(32,47)7)28(50)20-29-46(37,22-60-29)64-24(2)49/h8-17,23,27-29,32-34,36-37,39,50,59H,18-22H2,1-7H3,(H,48,58)(H,51,52). The van der Waals surface area contributed by atoms with Gasteiger partial charge in [0.25, 0.3) is 0 Å². The van der Waals surface area contributed by atoms with Gasteiger partial charge in [-0.1, -0.05) is 62.4 Å². The van der Waals surface area contributed by atoms with Crippen LogP contribution in [0.25, 0.3) is 0 Å². The number of rotatable bonds is 12. The normalized spacial score (nSPS) is 35.3. The molecule has 1 amide bonds. The number of amides is 1. The van der Waals surface area contributed by atoms with Crippen LogP contribution < -0.4 is 5.32 Å². The fraction of sp³-hybridized carbons (Fsp3) is 0.574. The van der Waals surface area contributed by atoms with Gasteiger partial charge in [-0.2, -0.15) is 0 Å². The van der Waals surface area contributed by atoms with Crippen molar-refractivity contribution in [2.24, 2.45) is 34.5 Å². The average Bonchev–Trinajstić information content (AvgIpc) is 3.42. The van der Waals surface area contributed by atoms with E-state index in [1.165, 1.54) is 38.1 Å². The lowest BCUT2D eigenvalue weighted by Crippen LogP contribution is -2.82. The van der Waals surface area contributed by atoms with Crippen LogP contribution in [0.15, 0.2) is 60.7 Å². The predicted molar refractivity (Wildman–Crippen MR) is 221 cm³/mol. The van der Waals surface area contributed by atoms with Gasteiger partial charge in [-0.05, 0) is 51.3 Å². The first-order valence-corrected chi connectivity index (χ1v) is 21.6. The Hall–Kier alpha value is -5.72. The van der Waals surface area contributed by atoms with Gasteiger partial charge in [-0.3, -0.25) is 24.0 Å². The van der Waals surface area contributed by atoms with Crippen molar-refractivity contribution >= 4 is 47.5 Å². The highest BCUT2D eigenvalue weighted by atomic mass is 16.6. The number of aliphatic carboxylic acids is 1. The van der Waals surface area contributed by atoms with Gasteiger partial charge in [-0.15, -0.1) is 0 Å². The molecule has 2 aromatic carbocycles. The Morgan fingerprint density at radius 2 is 1.57 bits per heavy atom. The highest BCUT2D eigenvalue weighted by Gasteiger charge is 2.85. The summed E-state index contributed by atoms with van der Waals surface area (Å²) >= 11 is 0. The van der Waals surface area contributed by atoms with Crippen molar-refractivity contribution < 1.29 is 82.1 Å². The smallest absolute Gasteiger partial charge is 0.408 e. The minimum absolute atomic E-state index is 0.0415. The molecule has 18 nitrogen and oxygen atoms in total. The number of fused-ring (bicyclic) bond motifs is 3. The first kappa shape index (κ1) is 47.2. The first-order chi connectivity index (χ1) is 30.4. The molecule has 14 unspecified atom stereocenters. The number of hydrogen-bond acceptors (Lipinski definition) is 16. The van der Waals surface area contributed by atoms with Crippen LogP contribution in [0.4, 0.5) is 4.79 Å². The van der Waals surface area contributed by atoms with E-state index in [0.29, 0.717) is 0 Å². The molecule has 7 rings (SSSR count). The summed E-state index contributed by atoms with van der Waals surface area (Å²) in [5.74, 6) is -12.1. The molecule has 4 N–H and O–H groups in total. The van der Waals surface area contributed by atoms with Gasteiger partial charge in [0.1, 0.15) is 35.6 Å². The summed E-state index contributed by atoms with van der Waals surface area (Å²) in [4.78, 5) is 110. The Morgan fingerprint density at radius 1 is 0.938 bits per heavy atom. The Morgan fingerprint density at radius 3 is 2.14 bits per heavy atom. The number of nitrogens with one attached hydrogen (secondary N) is 1. The maximum Gasteiger partial charge on any atom is 0.408 e. The minimum Gasteiger partial charge on any atom is -0.481 e. The van der Waals surface area contributed by atoms with Gasteiger partial charge in [-0.25, -0.2) is 14.4 Å². The monoisotopic (exact) mass is 905 g/mol. The fourth-order valence-electron chi connectivity index (χ4n) is 11.7. The summed E-state index contributed by atoms with van der Waals surface area (Å²) < 4.78 is 35.6. The average molecular weight is 906 g/mol. The van der Waals surface area contributed by atoms with E-state index in [1.807, 2.05) is 0 Å². The number of carbonyl (C=O) groups excluding carboxylic acids is 7. The number of carbonyl (C=O) groups is 8. The van der Waals surface area contributed by atoms with Crippen molar-refractivity contribution in [1.29, 1.82) is 0 Å². The van der Waals surface area contributed by atoms with Gasteiger partial charge in [0.2, 0.25) is 17.7 Å². The van der Waals surface area contributed by atoms with Crippen molar-refractivity contribution in [1.82, 2.24) is 5.32 Å².